The van der Waals surface area contributed by atoms with Gasteiger partial charge >= 0.3 is 6.18 Å². The Bertz CT molecular complexity index is 748. The Morgan fingerprint density at radius 3 is 2.36 bits per heavy atom. The smallest absolute Gasteiger partial charge is 0.329 e. The lowest BCUT2D eigenvalue weighted by Gasteiger charge is -2.21. The predicted molar refractivity (Wildman–Crippen MR) is 85.4 cm³/mol. The molecule has 0 fully saturated rings. The molecule has 8 heteroatoms. The van der Waals surface area contributed by atoms with Crippen molar-refractivity contribution < 1.29 is 22.8 Å². The molecule has 0 spiro atoms. The van der Waals surface area contributed by atoms with Crippen molar-refractivity contribution in [2.75, 3.05) is 11.9 Å². The van der Waals surface area contributed by atoms with E-state index in [4.69, 9.17) is 0 Å². The van der Waals surface area contributed by atoms with Gasteiger partial charge in [0.05, 0.1) is 11.3 Å². The molecule has 2 aromatic rings. The molecule has 0 saturated carbocycles. The van der Waals surface area contributed by atoms with E-state index in [9.17, 15) is 22.8 Å². The van der Waals surface area contributed by atoms with Crippen LogP contribution in [0.3, 0.4) is 0 Å². The van der Waals surface area contributed by atoms with E-state index in [1.807, 2.05) is 0 Å². The Morgan fingerprint density at radius 1 is 1.12 bits per heavy atom. The lowest BCUT2D eigenvalue weighted by Crippen LogP contribution is -2.36. The van der Waals surface area contributed by atoms with Crippen LogP contribution in [0.25, 0.3) is 0 Å². The van der Waals surface area contributed by atoms with Crippen LogP contribution in [-0.4, -0.2) is 28.2 Å². The third kappa shape index (κ3) is 5.30. The highest BCUT2D eigenvalue weighted by Gasteiger charge is 2.33. The van der Waals surface area contributed by atoms with Crippen LogP contribution in [0.4, 0.5) is 18.9 Å². The number of amides is 2. The Kier molecular flexibility index (Phi) is 5.74. The number of halogens is 3. The Balaban J connectivity index is 2.09. The molecule has 0 aliphatic carbocycles. The van der Waals surface area contributed by atoms with E-state index in [0.29, 0.717) is 0 Å². The molecule has 1 N–H and O–H groups in total. The van der Waals surface area contributed by atoms with Gasteiger partial charge in [-0.05, 0) is 29.8 Å². The first-order valence-corrected chi connectivity index (χ1v) is 7.38. The lowest BCUT2D eigenvalue weighted by molar-refractivity contribution is -0.137. The molecule has 1 aromatic heterocycles. The molecule has 1 heterocycles. The summed E-state index contributed by atoms with van der Waals surface area (Å²) in [5, 5.41) is 2.22. The second-order valence-electron chi connectivity index (χ2n) is 5.32. The zero-order chi connectivity index (χ0) is 18.4. The van der Waals surface area contributed by atoms with Crippen molar-refractivity contribution in [1.82, 2.24) is 9.88 Å². The number of alkyl halides is 3. The predicted octanol–water partition coefficient (Wildman–Crippen LogP) is 3.09. The third-order valence-electron chi connectivity index (χ3n) is 3.41. The average molecular weight is 351 g/mol. The van der Waals surface area contributed by atoms with E-state index in [-0.39, 0.29) is 24.7 Å². The highest BCUT2D eigenvalue weighted by atomic mass is 19.4. The molecule has 1 aromatic carbocycles. The fraction of sp³-hybridized carbons (Fsp3) is 0.235. The topological polar surface area (TPSA) is 62.3 Å². The third-order valence-corrected chi connectivity index (χ3v) is 3.41. The van der Waals surface area contributed by atoms with E-state index in [0.717, 1.165) is 11.6 Å². The van der Waals surface area contributed by atoms with Gasteiger partial charge in [0.1, 0.15) is 6.54 Å². The zero-order valence-corrected chi connectivity index (χ0v) is 13.4. The summed E-state index contributed by atoms with van der Waals surface area (Å²) in [6, 6.07) is 8.06. The van der Waals surface area contributed by atoms with Gasteiger partial charge in [-0.1, -0.05) is 12.1 Å². The molecule has 25 heavy (non-hydrogen) atoms. The van der Waals surface area contributed by atoms with Crippen LogP contribution < -0.4 is 5.32 Å². The summed E-state index contributed by atoms with van der Waals surface area (Å²) in [5.41, 5.74) is -0.520. The Labute approximate surface area is 142 Å². The van der Waals surface area contributed by atoms with Crippen molar-refractivity contribution in [3.8, 4) is 0 Å². The normalized spacial score (nSPS) is 11.0. The van der Waals surface area contributed by atoms with Gasteiger partial charge in [-0.2, -0.15) is 13.2 Å². The number of nitrogens with one attached hydrogen (secondary N) is 1. The van der Waals surface area contributed by atoms with E-state index < -0.39 is 17.6 Å². The maximum atomic E-state index is 13.0. The van der Waals surface area contributed by atoms with Crippen LogP contribution in [-0.2, 0) is 22.3 Å². The molecule has 2 rings (SSSR count). The Morgan fingerprint density at radius 2 is 1.76 bits per heavy atom. The summed E-state index contributed by atoms with van der Waals surface area (Å²) < 4.78 is 38.9. The minimum atomic E-state index is -4.58. The van der Waals surface area contributed by atoms with Crippen LogP contribution >= 0.6 is 0 Å². The summed E-state index contributed by atoms with van der Waals surface area (Å²) in [4.78, 5) is 28.9. The average Bonchev–Trinajstić information content (AvgIpc) is 2.54. The van der Waals surface area contributed by atoms with Crippen LogP contribution in [0.5, 0.6) is 0 Å². The van der Waals surface area contributed by atoms with Gasteiger partial charge in [0.25, 0.3) is 0 Å². The molecule has 0 aliphatic heterocycles. The second-order valence-corrected chi connectivity index (χ2v) is 5.32. The number of pyridine rings is 1. The first-order chi connectivity index (χ1) is 11.8. The summed E-state index contributed by atoms with van der Waals surface area (Å²) in [7, 11) is 0. The zero-order valence-electron chi connectivity index (χ0n) is 13.4. The fourth-order valence-corrected chi connectivity index (χ4v) is 2.19. The molecule has 2 amide bonds. The SMILES string of the molecule is CC(=O)N(CC(=O)Nc1ccccc1C(F)(F)F)Cc1ccncc1. The van der Waals surface area contributed by atoms with Crippen molar-refractivity contribution in [3.63, 3.8) is 0 Å². The van der Waals surface area contributed by atoms with Crippen molar-refractivity contribution in [2.24, 2.45) is 0 Å². The standard InChI is InChI=1S/C17H16F3N3O2/c1-12(24)23(10-13-6-8-21-9-7-13)11-16(25)22-15-5-3-2-4-14(15)17(18,19)20/h2-9H,10-11H2,1H3,(H,22,25). The number of nitrogens with zero attached hydrogens (tertiary/aromatic N) is 2. The van der Waals surface area contributed by atoms with E-state index in [1.165, 1.54) is 30.0 Å². The number of benzene rings is 1. The lowest BCUT2D eigenvalue weighted by atomic mass is 10.1. The summed E-state index contributed by atoms with van der Waals surface area (Å²) >= 11 is 0. The van der Waals surface area contributed by atoms with Crippen molar-refractivity contribution in [2.45, 2.75) is 19.6 Å². The van der Waals surface area contributed by atoms with Gasteiger partial charge in [-0.25, -0.2) is 0 Å². The number of rotatable bonds is 5. The molecular formula is C17H16F3N3O2. The van der Waals surface area contributed by atoms with E-state index >= 15 is 0 Å². The summed E-state index contributed by atoms with van der Waals surface area (Å²) in [6.07, 6.45) is -1.48. The number of carbonyl (C=O) groups is 2. The van der Waals surface area contributed by atoms with Gasteiger partial charge in [0, 0.05) is 25.9 Å². The highest BCUT2D eigenvalue weighted by Crippen LogP contribution is 2.34. The van der Waals surface area contributed by atoms with E-state index in [1.54, 1.807) is 24.5 Å². The molecule has 5 nitrogen and oxygen atoms in total. The minimum absolute atomic E-state index is 0.159. The molecule has 0 unspecified atom stereocenters. The summed E-state index contributed by atoms with van der Waals surface area (Å²) in [6.45, 7) is 1.09. The second kappa shape index (κ2) is 7.78. The number of para-hydroxylation sites is 1. The van der Waals surface area contributed by atoms with Crippen molar-refractivity contribution in [1.29, 1.82) is 0 Å². The minimum Gasteiger partial charge on any atom is -0.329 e. The number of anilines is 1. The first-order valence-electron chi connectivity index (χ1n) is 7.38. The number of hydrogen-bond donors (Lipinski definition) is 1. The maximum Gasteiger partial charge on any atom is 0.418 e. The quantitative estimate of drug-likeness (QED) is 0.900. The molecular weight excluding hydrogens is 335 g/mol. The molecule has 0 aliphatic rings. The van der Waals surface area contributed by atoms with Gasteiger partial charge in [0.2, 0.25) is 11.8 Å². The van der Waals surface area contributed by atoms with Crippen molar-refractivity contribution >= 4 is 17.5 Å². The molecule has 132 valence electrons. The molecule has 0 radical (unpaired) electrons. The highest BCUT2D eigenvalue weighted by molar-refractivity contribution is 5.95. The number of hydrogen-bond acceptors (Lipinski definition) is 3. The van der Waals surface area contributed by atoms with Crippen molar-refractivity contribution in [3.05, 3.63) is 59.9 Å². The van der Waals surface area contributed by atoms with Gasteiger partial charge < -0.3 is 10.2 Å². The maximum absolute atomic E-state index is 13.0. The van der Waals surface area contributed by atoms with Crippen LogP contribution in [0.15, 0.2) is 48.8 Å². The van der Waals surface area contributed by atoms with E-state index in [2.05, 4.69) is 10.3 Å². The Hall–Kier alpha value is -2.90. The fourth-order valence-electron chi connectivity index (χ4n) is 2.19. The van der Waals surface area contributed by atoms with Gasteiger partial charge in [-0.3, -0.25) is 14.6 Å². The molecule has 0 atom stereocenters. The monoisotopic (exact) mass is 351 g/mol. The van der Waals surface area contributed by atoms with Crippen LogP contribution in [0.1, 0.15) is 18.1 Å². The first kappa shape index (κ1) is 18.4. The number of carbonyl (C=O) groups excluding carboxylic acids is 2. The molecule has 0 bridgehead atoms. The van der Waals surface area contributed by atoms with Gasteiger partial charge in [-0.15, -0.1) is 0 Å². The van der Waals surface area contributed by atoms with Crippen LogP contribution in [0, 0.1) is 0 Å². The molecule has 0 saturated heterocycles. The summed E-state index contributed by atoms with van der Waals surface area (Å²) in [5.74, 6) is -1.07. The largest absolute Gasteiger partial charge is 0.418 e. The number of aromatic nitrogens is 1. The van der Waals surface area contributed by atoms with Gasteiger partial charge in [0.15, 0.2) is 0 Å². The van der Waals surface area contributed by atoms with Crippen LogP contribution in [0.2, 0.25) is 0 Å².